The molecule has 2 fully saturated rings. The van der Waals surface area contributed by atoms with E-state index in [4.69, 9.17) is 4.74 Å². The van der Waals surface area contributed by atoms with Gasteiger partial charge in [0.15, 0.2) is 0 Å². The van der Waals surface area contributed by atoms with Crippen molar-refractivity contribution in [2.75, 3.05) is 26.7 Å². The maximum absolute atomic E-state index is 12.3. The molecule has 0 bridgehead atoms. The van der Waals surface area contributed by atoms with E-state index >= 15 is 0 Å². The Labute approximate surface area is 139 Å². The van der Waals surface area contributed by atoms with Crippen LogP contribution in [0, 0.1) is 5.92 Å². The molecule has 0 radical (unpaired) electrons. The van der Waals surface area contributed by atoms with Crippen LogP contribution in [0.5, 0.6) is 0 Å². The van der Waals surface area contributed by atoms with Crippen LogP contribution in [0.2, 0.25) is 0 Å². The average molecular weight is 325 g/mol. The molecule has 1 N–H and O–H groups in total. The lowest BCUT2D eigenvalue weighted by Gasteiger charge is -2.28. The van der Waals surface area contributed by atoms with Crippen LogP contribution in [0.4, 0.5) is 9.59 Å². The van der Waals surface area contributed by atoms with Crippen LogP contribution in [-0.2, 0) is 4.74 Å². The first kappa shape index (κ1) is 17.9. The molecule has 0 aromatic rings. The summed E-state index contributed by atoms with van der Waals surface area (Å²) in [7, 11) is 1.83. The van der Waals surface area contributed by atoms with Crippen LogP contribution >= 0.6 is 0 Å². The van der Waals surface area contributed by atoms with Gasteiger partial charge in [0.25, 0.3) is 0 Å². The van der Waals surface area contributed by atoms with Gasteiger partial charge in [-0.3, -0.25) is 0 Å². The second-order valence-electron chi connectivity index (χ2n) is 7.92. The minimum Gasteiger partial charge on any atom is -0.444 e. The van der Waals surface area contributed by atoms with Gasteiger partial charge in [-0.05, 0) is 46.5 Å². The number of amides is 3. The van der Waals surface area contributed by atoms with Crippen molar-refractivity contribution in [3.63, 3.8) is 0 Å². The van der Waals surface area contributed by atoms with E-state index in [0.29, 0.717) is 19.0 Å². The summed E-state index contributed by atoms with van der Waals surface area (Å²) in [6, 6.07) is 0.0000630. The molecule has 6 nitrogen and oxygen atoms in total. The van der Waals surface area contributed by atoms with Crippen molar-refractivity contribution in [2.24, 2.45) is 5.92 Å². The number of urea groups is 1. The summed E-state index contributed by atoms with van der Waals surface area (Å²) < 4.78 is 5.45. The molecule has 2 aliphatic rings. The van der Waals surface area contributed by atoms with Crippen molar-refractivity contribution in [1.82, 2.24) is 15.1 Å². The van der Waals surface area contributed by atoms with Gasteiger partial charge in [0.2, 0.25) is 0 Å². The summed E-state index contributed by atoms with van der Waals surface area (Å²) in [6.45, 7) is 9.84. The third kappa shape index (κ3) is 4.52. The number of carbonyl (C=O) groups is 2. The fraction of sp³-hybridized carbons (Fsp3) is 0.882. The van der Waals surface area contributed by atoms with Gasteiger partial charge >= 0.3 is 12.1 Å². The van der Waals surface area contributed by atoms with Gasteiger partial charge in [0, 0.05) is 38.1 Å². The summed E-state index contributed by atoms with van der Waals surface area (Å²) in [5.41, 5.74) is -0.584. The molecule has 2 rings (SSSR count). The molecule has 1 saturated heterocycles. The minimum atomic E-state index is -0.469. The molecule has 23 heavy (non-hydrogen) atoms. The highest BCUT2D eigenvalue weighted by molar-refractivity contribution is 5.75. The largest absolute Gasteiger partial charge is 0.444 e. The van der Waals surface area contributed by atoms with E-state index in [1.54, 1.807) is 9.80 Å². The Morgan fingerprint density at radius 1 is 1.35 bits per heavy atom. The highest BCUT2D eigenvalue weighted by atomic mass is 16.6. The SMILES string of the molecule is CCCN(C)C(=O)NC1(C2CCN(C(=O)OC(C)(C)C)C2)CC1. The molecule has 1 aliphatic carbocycles. The number of ether oxygens (including phenoxy) is 1. The van der Waals surface area contributed by atoms with E-state index in [2.05, 4.69) is 12.2 Å². The van der Waals surface area contributed by atoms with Gasteiger partial charge in [0.05, 0.1) is 0 Å². The minimum absolute atomic E-state index is 0.0000630. The Morgan fingerprint density at radius 2 is 2.00 bits per heavy atom. The van der Waals surface area contributed by atoms with Crippen molar-refractivity contribution in [2.45, 2.75) is 64.5 Å². The van der Waals surface area contributed by atoms with Gasteiger partial charge in [-0.1, -0.05) is 6.92 Å². The molecular formula is C17H31N3O3. The standard InChI is InChI=1S/C17H31N3O3/c1-6-10-19(5)14(21)18-17(8-9-17)13-7-11-20(12-13)15(22)23-16(2,3)4/h13H,6-12H2,1-5H3,(H,18,21). The van der Waals surface area contributed by atoms with E-state index in [9.17, 15) is 9.59 Å². The summed E-state index contributed by atoms with van der Waals surface area (Å²) in [5.74, 6) is 0.328. The highest BCUT2D eigenvalue weighted by Crippen LogP contribution is 2.46. The van der Waals surface area contributed by atoms with Crippen LogP contribution in [0.25, 0.3) is 0 Å². The normalized spacial score (nSPS) is 22.7. The van der Waals surface area contributed by atoms with Crippen LogP contribution in [0.3, 0.4) is 0 Å². The zero-order valence-electron chi connectivity index (χ0n) is 15.1. The Kier molecular flexibility index (Phi) is 5.11. The summed E-state index contributed by atoms with van der Waals surface area (Å²) in [6.07, 6.45) is 3.64. The fourth-order valence-electron chi connectivity index (χ4n) is 3.22. The Morgan fingerprint density at radius 3 is 2.52 bits per heavy atom. The molecule has 1 saturated carbocycles. The monoisotopic (exact) mass is 325 g/mol. The summed E-state index contributed by atoms with van der Waals surface area (Å²) in [4.78, 5) is 27.9. The second-order valence-corrected chi connectivity index (χ2v) is 7.92. The van der Waals surface area contributed by atoms with E-state index in [0.717, 1.165) is 32.2 Å². The zero-order chi connectivity index (χ0) is 17.3. The van der Waals surface area contributed by atoms with Crippen molar-refractivity contribution in [3.8, 4) is 0 Å². The number of nitrogens with zero attached hydrogens (tertiary/aromatic N) is 2. The first-order valence-electron chi connectivity index (χ1n) is 8.68. The molecule has 0 aromatic heterocycles. The first-order valence-corrected chi connectivity index (χ1v) is 8.68. The quantitative estimate of drug-likeness (QED) is 0.864. The molecule has 1 aliphatic heterocycles. The first-order chi connectivity index (χ1) is 10.7. The molecule has 1 unspecified atom stereocenters. The molecule has 0 aromatic carbocycles. The van der Waals surface area contributed by atoms with Crippen LogP contribution in [0.1, 0.15) is 53.4 Å². The zero-order valence-corrected chi connectivity index (χ0v) is 15.1. The smallest absolute Gasteiger partial charge is 0.410 e. The van der Waals surface area contributed by atoms with Gasteiger partial charge in [-0.2, -0.15) is 0 Å². The molecular weight excluding hydrogens is 294 g/mol. The predicted molar refractivity (Wildman–Crippen MR) is 89.3 cm³/mol. The van der Waals surface area contributed by atoms with E-state index in [1.165, 1.54) is 0 Å². The molecule has 6 heteroatoms. The molecule has 1 atom stereocenters. The number of rotatable bonds is 4. The molecule has 0 spiro atoms. The maximum Gasteiger partial charge on any atom is 0.410 e. The average Bonchev–Trinajstić information content (AvgIpc) is 3.02. The number of hydrogen-bond acceptors (Lipinski definition) is 3. The summed E-state index contributed by atoms with van der Waals surface area (Å²) >= 11 is 0. The third-order valence-electron chi connectivity index (χ3n) is 4.67. The second kappa shape index (κ2) is 6.57. The molecule has 1 heterocycles. The van der Waals surface area contributed by atoms with Crippen molar-refractivity contribution >= 4 is 12.1 Å². The lowest BCUT2D eigenvalue weighted by Crippen LogP contribution is -2.49. The van der Waals surface area contributed by atoms with Crippen LogP contribution in [-0.4, -0.2) is 59.7 Å². The Bertz CT molecular complexity index is 454. The summed E-state index contributed by atoms with van der Waals surface area (Å²) in [5, 5.41) is 3.21. The Balaban J connectivity index is 1.88. The van der Waals surface area contributed by atoms with Gasteiger partial charge in [-0.15, -0.1) is 0 Å². The van der Waals surface area contributed by atoms with Crippen molar-refractivity contribution < 1.29 is 14.3 Å². The number of hydrogen-bond donors (Lipinski definition) is 1. The van der Waals surface area contributed by atoms with Crippen LogP contribution in [0.15, 0.2) is 0 Å². The number of carbonyl (C=O) groups excluding carboxylic acids is 2. The lowest BCUT2D eigenvalue weighted by atomic mass is 9.96. The molecule has 132 valence electrons. The van der Waals surface area contributed by atoms with Gasteiger partial charge in [0.1, 0.15) is 5.60 Å². The van der Waals surface area contributed by atoms with Gasteiger partial charge < -0.3 is 19.9 Å². The number of nitrogens with one attached hydrogen (secondary N) is 1. The molecule has 3 amide bonds. The maximum atomic E-state index is 12.3. The van der Waals surface area contributed by atoms with Crippen molar-refractivity contribution in [1.29, 1.82) is 0 Å². The topological polar surface area (TPSA) is 61.9 Å². The van der Waals surface area contributed by atoms with E-state index in [1.807, 2.05) is 27.8 Å². The van der Waals surface area contributed by atoms with Crippen LogP contribution < -0.4 is 5.32 Å². The third-order valence-corrected chi connectivity index (χ3v) is 4.67. The lowest BCUT2D eigenvalue weighted by molar-refractivity contribution is 0.0285. The Hall–Kier alpha value is -1.46. The van der Waals surface area contributed by atoms with Gasteiger partial charge in [-0.25, -0.2) is 9.59 Å². The number of likely N-dealkylation sites (tertiary alicyclic amines) is 1. The van der Waals surface area contributed by atoms with Crippen molar-refractivity contribution in [3.05, 3.63) is 0 Å². The fourth-order valence-corrected chi connectivity index (χ4v) is 3.22. The predicted octanol–water partition coefficient (Wildman–Crippen LogP) is 2.83. The highest BCUT2D eigenvalue weighted by Gasteiger charge is 2.53. The van der Waals surface area contributed by atoms with E-state index < -0.39 is 5.60 Å². The van der Waals surface area contributed by atoms with E-state index in [-0.39, 0.29) is 17.7 Å².